The molecule has 0 heterocycles. The van der Waals surface area contributed by atoms with E-state index in [9.17, 15) is 4.39 Å². The molecule has 2 N–H and O–H groups in total. The van der Waals surface area contributed by atoms with Gasteiger partial charge >= 0.3 is 0 Å². The number of anilines is 1. The first-order chi connectivity index (χ1) is 8.28. The molecule has 0 spiro atoms. The molecule has 2 aromatic carbocycles. The summed E-state index contributed by atoms with van der Waals surface area (Å²) in [5, 5.41) is 12.1. The lowest BCUT2D eigenvalue weighted by molar-refractivity contribution is 0.282. The fourth-order valence-electron chi connectivity index (χ4n) is 1.58. The molecule has 0 atom stereocenters. The van der Waals surface area contributed by atoms with Crippen LogP contribution in [0, 0.1) is 5.82 Å². The Balaban J connectivity index is 1.97. The normalized spacial score (nSPS) is 10.2. The molecule has 88 valence electrons. The van der Waals surface area contributed by atoms with Crippen molar-refractivity contribution in [2.24, 2.45) is 0 Å². The first kappa shape index (κ1) is 11.6. The molecule has 0 fully saturated rings. The van der Waals surface area contributed by atoms with Crippen LogP contribution in [0.3, 0.4) is 0 Å². The molecular weight excluding hydrogens is 217 g/mol. The summed E-state index contributed by atoms with van der Waals surface area (Å²) in [6.07, 6.45) is 0. The number of nitrogens with one attached hydrogen (secondary N) is 1. The van der Waals surface area contributed by atoms with Crippen LogP contribution in [-0.4, -0.2) is 5.11 Å². The summed E-state index contributed by atoms with van der Waals surface area (Å²) in [6.45, 7) is 0.625. The zero-order chi connectivity index (χ0) is 12.1. The molecule has 0 radical (unpaired) electrons. The van der Waals surface area contributed by atoms with Crippen molar-refractivity contribution < 1.29 is 9.50 Å². The fraction of sp³-hybridized carbons (Fsp3) is 0.143. The number of aliphatic hydroxyl groups excluding tert-OH is 1. The summed E-state index contributed by atoms with van der Waals surface area (Å²) in [5.41, 5.74) is 2.73. The lowest BCUT2D eigenvalue weighted by Gasteiger charge is -2.07. The van der Waals surface area contributed by atoms with Gasteiger partial charge in [-0.25, -0.2) is 4.39 Å². The van der Waals surface area contributed by atoms with Crippen molar-refractivity contribution in [2.45, 2.75) is 13.2 Å². The van der Waals surface area contributed by atoms with E-state index < -0.39 is 0 Å². The number of halogens is 1. The van der Waals surface area contributed by atoms with Gasteiger partial charge in [-0.1, -0.05) is 24.3 Å². The van der Waals surface area contributed by atoms with E-state index in [1.165, 1.54) is 12.1 Å². The number of aliphatic hydroxyl groups is 1. The summed E-state index contributed by atoms with van der Waals surface area (Å²) < 4.78 is 12.9. The SMILES string of the molecule is OCc1ccc(NCc2cccc(F)c2)cc1. The molecule has 0 aliphatic carbocycles. The van der Waals surface area contributed by atoms with Gasteiger partial charge in [-0.15, -0.1) is 0 Å². The number of rotatable bonds is 4. The maximum absolute atomic E-state index is 12.9. The van der Waals surface area contributed by atoms with Crippen LogP contribution >= 0.6 is 0 Å². The zero-order valence-electron chi connectivity index (χ0n) is 9.36. The van der Waals surface area contributed by atoms with Crippen molar-refractivity contribution in [1.29, 1.82) is 0 Å². The van der Waals surface area contributed by atoms with Gasteiger partial charge in [-0.05, 0) is 35.4 Å². The Morgan fingerprint density at radius 3 is 2.41 bits per heavy atom. The standard InChI is InChI=1S/C14H14FNO/c15-13-3-1-2-12(8-13)9-16-14-6-4-11(10-17)5-7-14/h1-8,16-17H,9-10H2. The van der Waals surface area contributed by atoms with Crippen molar-refractivity contribution in [1.82, 2.24) is 0 Å². The van der Waals surface area contributed by atoms with Crippen LogP contribution in [0.25, 0.3) is 0 Å². The third-order valence-electron chi connectivity index (χ3n) is 2.52. The van der Waals surface area contributed by atoms with Crippen molar-refractivity contribution in [3.05, 3.63) is 65.5 Å². The number of hydrogen-bond donors (Lipinski definition) is 2. The fourth-order valence-corrected chi connectivity index (χ4v) is 1.58. The van der Waals surface area contributed by atoms with E-state index in [1.807, 2.05) is 30.3 Å². The number of hydrogen-bond acceptors (Lipinski definition) is 2. The Kier molecular flexibility index (Phi) is 3.73. The molecule has 0 saturated carbocycles. The average Bonchev–Trinajstić information content (AvgIpc) is 2.37. The zero-order valence-corrected chi connectivity index (χ0v) is 9.36. The lowest BCUT2D eigenvalue weighted by atomic mass is 10.2. The van der Waals surface area contributed by atoms with Gasteiger partial charge in [0.25, 0.3) is 0 Å². The topological polar surface area (TPSA) is 32.3 Å². The summed E-state index contributed by atoms with van der Waals surface area (Å²) in [6, 6.07) is 14.0. The Bertz CT molecular complexity index is 482. The Morgan fingerprint density at radius 1 is 1.00 bits per heavy atom. The summed E-state index contributed by atoms with van der Waals surface area (Å²) in [5.74, 6) is -0.222. The molecular formula is C14H14FNO. The van der Waals surface area contributed by atoms with Gasteiger partial charge in [0.05, 0.1) is 6.61 Å². The molecule has 2 aromatic rings. The summed E-state index contributed by atoms with van der Waals surface area (Å²) in [7, 11) is 0. The highest BCUT2D eigenvalue weighted by Gasteiger charge is 1.96. The third kappa shape index (κ3) is 3.29. The van der Waals surface area contributed by atoms with Crippen LogP contribution in [-0.2, 0) is 13.2 Å². The van der Waals surface area contributed by atoms with E-state index in [0.717, 1.165) is 16.8 Å². The summed E-state index contributed by atoms with van der Waals surface area (Å²) >= 11 is 0. The van der Waals surface area contributed by atoms with Gasteiger partial charge in [-0.3, -0.25) is 0 Å². The van der Waals surface area contributed by atoms with Crippen molar-refractivity contribution >= 4 is 5.69 Å². The maximum atomic E-state index is 12.9. The molecule has 0 aliphatic rings. The highest BCUT2D eigenvalue weighted by molar-refractivity contribution is 5.45. The predicted molar refractivity (Wildman–Crippen MR) is 66.1 cm³/mol. The van der Waals surface area contributed by atoms with E-state index in [4.69, 9.17) is 5.11 Å². The van der Waals surface area contributed by atoms with E-state index in [0.29, 0.717) is 6.54 Å². The first-order valence-electron chi connectivity index (χ1n) is 5.46. The minimum Gasteiger partial charge on any atom is -0.392 e. The Morgan fingerprint density at radius 2 is 1.76 bits per heavy atom. The van der Waals surface area contributed by atoms with Crippen molar-refractivity contribution in [3.8, 4) is 0 Å². The van der Waals surface area contributed by atoms with Gasteiger partial charge in [0.1, 0.15) is 5.82 Å². The van der Waals surface area contributed by atoms with E-state index in [2.05, 4.69) is 5.32 Å². The summed E-state index contributed by atoms with van der Waals surface area (Å²) in [4.78, 5) is 0. The molecule has 0 unspecified atom stereocenters. The monoisotopic (exact) mass is 231 g/mol. The number of benzene rings is 2. The van der Waals surface area contributed by atoms with Crippen LogP contribution in [0.15, 0.2) is 48.5 Å². The van der Waals surface area contributed by atoms with Crippen LogP contribution in [0.1, 0.15) is 11.1 Å². The quantitative estimate of drug-likeness (QED) is 0.848. The maximum Gasteiger partial charge on any atom is 0.123 e. The van der Waals surface area contributed by atoms with Gasteiger partial charge in [-0.2, -0.15) is 0 Å². The first-order valence-corrected chi connectivity index (χ1v) is 5.46. The molecule has 0 amide bonds. The molecule has 2 rings (SSSR count). The smallest absolute Gasteiger partial charge is 0.123 e. The molecule has 2 nitrogen and oxygen atoms in total. The van der Waals surface area contributed by atoms with Crippen LogP contribution in [0.5, 0.6) is 0 Å². The minimum atomic E-state index is -0.222. The van der Waals surface area contributed by atoms with Gasteiger partial charge in [0.15, 0.2) is 0 Å². The van der Waals surface area contributed by atoms with Crippen LogP contribution in [0.2, 0.25) is 0 Å². The Labute approximate surface area is 99.7 Å². The minimum absolute atomic E-state index is 0.0458. The highest BCUT2D eigenvalue weighted by Crippen LogP contribution is 2.11. The largest absolute Gasteiger partial charge is 0.392 e. The van der Waals surface area contributed by atoms with Crippen LogP contribution < -0.4 is 5.32 Å². The molecule has 3 heteroatoms. The predicted octanol–water partition coefficient (Wildman–Crippen LogP) is 2.93. The van der Waals surface area contributed by atoms with Crippen LogP contribution in [0.4, 0.5) is 10.1 Å². The van der Waals surface area contributed by atoms with E-state index in [1.54, 1.807) is 6.07 Å². The highest BCUT2D eigenvalue weighted by atomic mass is 19.1. The average molecular weight is 231 g/mol. The van der Waals surface area contributed by atoms with Crippen molar-refractivity contribution in [3.63, 3.8) is 0 Å². The van der Waals surface area contributed by atoms with E-state index in [-0.39, 0.29) is 12.4 Å². The van der Waals surface area contributed by atoms with Crippen molar-refractivity contribution in [2.75, 3.05) is 5.32 Å². The molecule has 0 bridgehead atoms. The second-order valence-electron chi connectivity index (χ2n) is 3.84. The second kappa shape index (κ2) is 5.46. The molecule has 17 heavy (non-hydrogen) atoms. The molecule has 0 aromatic heterocycles. The Hall–Kier alpha value is -1.87. The van der Waals surface area contributed by atoms with E-state index >= 15 is 0 Å². The molecule has 0 saturated heterocycles. The second-order valence-corrected chi connectivity index (χ2v) is 3.84. The lowest BCUT2D eigenvalue weighted by Crippen LogP contribution is -1.99. The van der Waals surface area contributed by atoms with Gasteiger partial charge < -0.3 is 10.4 Å². The van der Waals surface area contributed by atoms with Gasteiger partial charge in [0.2, 0.25) is 0 Å². The molecule has 0 aliphatic heterocycles. The third-order valence-corrected chi connectivity index (χ3v) is 2.52. The van der Waals surface area contributed by atoms with Gasteiger partial charge in [0, 0.05) is 12.2 Å².